The van der Waals surface area contributed by atoms with Crippen LogP contribution in [0.3, 0.4) is 0 Å². The van der Waals surface area contributed by atoms with Gasteiger partial charge in [-0.05, 0) is 33.9 Å². The highest BCUT2D eigenvalue weighted by Gasteiger charge is 2.32. The zero-order valence-electron chi connectivity index (χ0n) is 12.6. The highest BCUT2D eigenvalue weighted by atomic mass is 32.2. The van der Waals surface area contributed by atoms with E-state index in [2.05, 4.69) is 5.32 Å². The molecule has 0 fully saturated rings. The standard InChI is InChI=1S/C12H27N3O3S/c1-6-14-12(3,11(13)16)9-10(2)15(4)7-8-19(5,17)18/h10,14H,6-9H2,1-5H3,(H2,13,16). The zero-order valence-corrected chi connectivity index (χ0v) is 13.4. The maximum Gasteiger partial charge on any atom is 0.237 e. The maximum absolute atomic E-state index is 11.5. The molecule has 2 unspecified atom stereocenters. The van der Waals surface area contributed by atoms with Crippen LogP contribution in [-0.4, -0.2) is 63.0 Å². The summed E-state index contributed by atoms with van der Waals surface area (Å²) in [7, 11) is -1.12. The molecule has 19 heavy (non-hydrogen) atoms. The summed E-state index contributed by atoms with van der Waals surface area (Å²) in [6.45, 7) is 6.75. The second-order valence-electron chi connectivity index (χ2n) is 5.39. The van der Waals surface area contributed by atoms with Crippen molar-refractivity contribution in [2.45, 2.75) is 38.8 Å². The summed E-state index contributed by atoms with van der Waals surface area (Å²) in [5.41, 5.74) is 4.66. The summed E-state index contributed by atoms with van der Waals surface area (Å²) in [4.78, 5) is 13.5. The van der Waals surface area contributed by atoms with Crippen molar-refractivity contribution in [3.8, 4) is 0 Å². The van der Waals surface area contributed by atoms with Crippen molar-refractivity contribution in [2.24, 2.45) is 5.73 Å². The van der Waals surface area contributed by atoms with Gasteiger partial charge in [-0.1, -0.05) is 6.92 Å². The third-order valence-corrected chi connectivity index (χ3v) is 4.31. The van der Waals surface area contributed by atoms with Crippen molar-refractivity contribution in [3.63, 3.8) is 0 Å². The van der Waals surface area contributed by atoms with E-state index in [1.54, 1.807) is 6.92 Å². The molecule has 0 saturated heterocycles. The van der Waals surface area contributed by atoms with Crippen LogP contribution in [0, 0.1) is 0 Å². The summed E-state index contributed by atoms with van der Waals surface area (Å²) < 4.78 is 22.3. The monoisotopic (exact) mass is 293 g/mol. The first-order chi connectivity index (χ1) is 8.52. The average molecular weight is 293 g/mol. The van der Waals surface area contributed by atoms with Crippen molar-refractivity contribution in [1.29, 1.82) is 0 Å². The van der Waals surface area contributed by atoms with Gasteiger partial charge < -0.3 is 16.0 Å². The van der Waals surface area contributed by atoms with Crippen LogP contribution in [0.4, 0.5) is 0 Å². The van der Waals surface area contributed by atoms with Crippen LogP contribution in [0.2, 0.25) is 0 Å². The Balaban J connectivity index is 4.56. The molecule has 0 spiro atoms. The highest BCUT2D eigenvalue weighted by molar-refractivity contribution is 7.90. The molecule has 2 atom stereocenters. The van der Waals surface area contributed by atoms with Gasteiger partial charge in [0.25, 0.3) is 0 Å². The molecule has 0 aromatic heterocycles. The number of carbonyl (C=O) groups excluding carboxylic acids is 1. The van der Waals surface area contributed by atoms with Gasteiger partial charge in [0.1, 0.15) is 9.84 Å². The average Bonchev–Trinajstić information content (AvgIpc) is 2.24. The number of amides is 1. The topological polar surface area (TPSA) is 92.5 Å². The lowest BCUT2D eigenvalue weighted by Gasteiger charge is -2.34. The van der Waals surface area contributed by atoms with Crippen molar-refractivity contribution in [1.82, 2.24) is 10.2 Å². The van der Waals surface area contributed by atoms with E-state index >= 15 is 0 Å². The van der Waals surface area contributed by atoms with Crippen LogP contribution in [-0.2, 0) is 14.6 Å². The fraction of sp³-hybridized carbons (Fsp3) is 0.917. The molecule has 0 aromatic rings. The molecule has 0 rings (SSSR count). The Morgan fingerprint density at radius 2 is 2.00 bits per heavy atom. The SMILES string of the molecule is CCNC(C)(CC(C)N(C)CCS(C)(=O)=O)C(N)=O. The highest BCUT2D eigenvalue weighted by Crippen LogP contribution is 2.15. The lowest BCUT2D eigenvalue weighted by Crippen LogP contribution is -2.56. The van der Waals surface area contributed by atoms with Crippen molar-refractivity contribution < 1.29 is 13.2 Å². The van der Waals surface area contributed by atoms with E-state index in [1.165, 1.54) is 6.26 Å². The minimum atomic E-state index is -2.97. The molecule has 6 nitrogen and oxygen atoms in total. The second-order valence-corrected chi connectivity index (χ2v) is 7.65. The molecule has 3 N–H and O–H groups in total. The Kier molecular flexibility index (Phi) is 6.96. The Hall–Kier alpha value is -0.660. The minimum Gasteiger partial charge on any atom is -0.368 e. The van der Waals surface area contributed by atoms with Gasteiger partial charge in [-0.25, -0.2) is 8.42 Å². The second kappa shape index (κ2) is 7.21. The summed E-state index contributed by atoms with van der Waals surface area (Å²) in [6.07, 6.45) is 1.76. The van der Waals surface area contributed by atoms with Gasteiger partial charge in [-0.3, -0.25) is 4.79 Å². The summed E-state index contributed by atoms with van der Waals surface area (Å²) in [5, 5.41) is 3.10. The van der Waals surface area contributed by atoms with Gasteiger partial charge in [0.05, 0.1) is 11.3 Å². The van der Waals surface area contributed by atoms with Crippen LogP contribution in [0.25, 0.3) is 0 Å². The third-order valence-electron chi connectivity index (χ3n) is 3.38. The number of sulfone groups is 1. The molecule has 7 heteroatoms. The van der Waals surface area contributed by atoms with Crippen LogP contribution >= 0.6 is 0 Å². The minimum absolute atomic E-state index is 0.0540. The van der Waals surface area contributed by atoms with Crippen molar-refractivity contribution in [3.05, 3.63) is 0 Å². The number of carbonyl (C=O) groups is 1. The van der Waals surface area contributed by atoms with Crippen LogP contribution < -0.4 is 11.1 Å². The molecule has 0 radical (unpaired) electrons. The van der Waals surface area contributed by atoms with Crippen molar-refractivity contribution in [2.75, 3.05) is 32.1 Å². The predicted octanol–water partition coefficient (Wildman–Crippen LogP) is -0.405. The molecule has 1 amide bonds. The van der Waals surface area contributed by atoms with Crippen molar-refractivity contribution >= 4 is 15.7 Å². The van der Waals surface area contributed by atoms with Gasteiger partial charge in [-0.15, -0.1) is 0 Å². The number of nitrogens with zero attached hydrogens (tertiary/aromatic N) is 1. The van der Waals surface area contributed by atoms with E-state index in [0.29, 0.717) is 19.5 Å². The summed E-state index contributed by atoms with van der Waals surface area (Å²) in [5.74, 6) is -0.278. The van der Waals surface area contributed by atoms with E-state index in [1.807, 2.05) is 25.8 Å². The zero-order chi connectivity index (χ0) is 15.3. The molecule has 0 heterocycles. The fourth-order valence-electron chi connectivity index (χ4n) is 1.93. The number of hydrogen-bond donors (Lipinski definition) is 2. The lowest BCUT2D eigenvalue weighted by atomic mass is 9.92. The van der Waals surface area contributed by atoms with E-state index in [9.17, 15) is 13.2 Å². The van der Waals surface area contributed by atoms with Crippen LogP contribution in [0.1, 0.15) is 27.2 Å². The van der Waals surface area contributed by atoms with Gasteiger partial charge in [-0.2, -0.15) is 0 Å². The smallest absolute Gasteiger partial charge is 0.237 e. The largest absolute Gasteiger partial charge is 0.368 e. The fourth-order valence-corrected chi connectivity index (χ4v) is 2.55. The van der Waals surface area contributed by atoms with E-state index < -0.39 is 21.3 Å². The number of nitrogens with two attached hydrogens (primary N) is 1. The molecular formula is C12H27N3O3S. The first-order valence-corrected chi connectivity index (χ1v) is 8.51. The number of nitrogens with one attached hydrogen (secondary N) is 1. The van der Waals surface area contributed by atoms with Gasteiger partial charge >= 0.3 is 0 Å². The number of hydrogen-bond acceptors (Lipinski definition) is 5. The van der Waals surface area contributed by atoms with E-state index in [4.69, 9.17) is 5.73 Å². The molecule has 0 saturated carbocycles. The maximum atomic E-state index is 11.5. The van der Waals surface area contributed by atoms with Gasteiger partial charge in [0.15, 0.2) is 0 Å². The Bertz CT molecular complexity index is 397. The molecule has 114 valence electrons. The number of primary amides is 1. The van der Waals surface area contributed by atoms with Gasteiger partial charge in [0.2, 0.25) is 5.91 Å². The normalized spacial score (nSPS) is 17.2. The Morgan fingerprint density at radius 1 is 1.47 bits per heavy atom. The first kappa shape index (κ1) is 18.3. The van der Waals surface area contributed by atoms with Gasteiger partial charge in [0, 0.05) is 18.8 Å². The number of rotatable bonds is 9. The quantitative estimate of drug-likeness (QED) is 0.603. The first-order valence-electron chi connectivity index (χ1n) is 6.44. The molecule has 0 aliphatic carbocycles. The third kappa shape index (κ3) is 6.89. The molecule has 0 aliphatic rings. The van der Waals surface area contributed by atoms with Crippen LogP contribution in [0.5, 0.6) is 0 Å². The Labute approximate surface area is 116 Å². The molecule has 0 bridgehead atoms. The molecule has 0 aliphatic heterocycles. The summed E-state index contributed by atoms with van der Waals surface area (Å²) >= 11 is 0. The van der Waals surface area contributed by atoms with E-state index in [-0.39, 0.29) is 11.8 Å². The predicted molar refractivity (Wildman–Crippen MR) is 77.7 cm³/mol. The summed E-state index contributed by atoms with van der Waals surface area (Å²) in [6, 6.07) is 0.0540. The lowest BCUT2D eigenvalue weighted by molar-refractivity contribution is -0.124. The number of likely N-dealkylation sites (N-methyl/N-ethyl adjacent to an activating group) is 1. The molecular weight excluding hydrogens is 266 g/mol. The van der Waals surface area contributed by atoms with Crippen LogP contribution in [0.15, 0.2) is 0 Å². The molecule has 0 aromatic carbocycles. The Morgan fingerprint density at radius 3 is 2.37 bits per heavy atom. The van der Waals surface area contributed by atoms with E-state index in [0.717, 1.165) is 0 Å².